The smallest absolute Gasteiger partial charge is 0.230 e. The fourth-order valence-corrected chi connectivity index (χ4v) is 4.50. The van der Waals surface area contributed by atoms with Crippen LogP contribution in [-0.4, -0.2) is 48.5 Å². The summed E-state index contributed by atoms with van der Waals surface area (Å²) < 4.78 is 32.5. The summed E-state index contributed by atoms with van der Waals surface area (Å²) in [4.78, 5) is 17.3. The minimum Gasteiger partial charge on any atom is -0.492 e. The highest BCUT2D eigenvalue weighted by molar-refractivity contribution is 5.84. The highest BCUT2D eigenvalue weighted by Crippen LogP contribution is 2.40. The van der Waals surface area contributed by atoms with Crippen molar-refractivity contribution in [1.82, 2.24) is 9.80 Å². The Balaban J connectivity index is 1.34. The molecule has 0 radical (unpaired) electrons. The maximum atomic E-state index is 13.5. The molecule has 0 aromatic heterocycles. The summed E-state index contributed by atoms with van der Waals surface area (Å²) in [5, 5.41) is 0. The van der Waals surface area contributed by atoms with Crippen molar-refractivity contribution in [2.45, 2.75) is 25.8 Å². The van der Waals surface area contributed by atoms with Crippen LogP contribution < -0.4 is 4.74 Å². The Morgan fingerprint density at radius 2 is 1.83 bits per heavy atom. The van der Waals surface area contributed by atoms with E-state index in [0.29, 0.717) is 25.3 Å². The Hall–Kier alpha value is -2.47. The molecular weight excluding hydrogens is 374 g/mol. The van der Waals surface area contributed by atoms with E-state index in [1.165, 1.54) is 6.07 Å². The van der Waals surface area contributed by atoms with Crippen LogP contribution >= 0.6 is 0 Å². The molecule has 4 nitrogen and oxygen atoms in total. The van der Waals surface area contributed by atoms with E-state index in [4.69, 9.17) is 4.74 Å². The molecule has 2 fully saturated rings. The molecule has 154 valence electrons. The quantitative estimate of drug-likeness (QED) is 0.738. The normalized spacial score (nSPS) is 22.4. The van der Waals surface area contributed by atoms with E-state index in [1.807, 2.05) is 30.3 Å². The molecule has 1 amide bonds. The van der Waals surface area contributed by atoms with Gasteiger partial charge in [0.05, 0.1) is 5.41 Å². The first kappa shape index (κ1) is 19.8. The highest BCUT2D eigenvalue weighted by atomic mass is 19.2. The van der Waals surface area contributed by atoms with Crippen molar-refractivity contribution >= 4 is 5.91 Å². The Bertz CT molecular complexity index is 861. The van der Waals surface area contributed by atoms with Crippen LogP contribution in [0.25, 0.3) is 0 Å². The number of ether oxygens (including phenoxy) is 1. The first-order valence-electron chi connectivity index (χ1n) is 10.2. The summed E-state index contributed by atoms with van der Waals surface area (Å²) in [5.41, 5.74) is 0.268. The van der Waals surface area contributed by atoms with Gasteiger partial charge in [-0.05, 0) is 55.6 Å². The van der Waals surface area contributed by atoms with Crippen LogP contribution in [0, 0.1) is 17.0 Å². The third-order valence-electron chi connectivity index (χ3n) is 6.03. The molecule has 29 heavy (non-hydrogen) atoms. The largest absolute Gasteiger partial charge is 0.492 e. The molecule has 0 aliphatic carbocycles. The molecule has 2 aliphatic rings. The van der Waals surface area contributed by atoms with E-state index in [2.05, 4.69) is 4.90 Å². The van der Waals surface area contributed by atoms with Gasteiger partial charge in [0.25, 0.3) is 0 Å². The van der Waals surface area contributed by atoms with Gasteiger partial charge in [-0.15, -0.1) is 0 Å². The van der Waals surface area contributed by atoms with E-state index in [1.54, 1.807) is 11.0 Å². The van der Waals surface area contributed by atoms with Gasteiger partial charge in [0, 0.05) is 26.2 Å². The van der Waals surface area contributed by atoms with Gasteiger partial charge in [-0.3, -0.25) is 9.69 Å². The number of hydrogen-bond acceptors (Lipinski definition) is 3. The molecule has 1 atom stereocenters. The third kappa shape index (κ3) is 4.42. The number of amides is 1. The second kappa shape index (κ2) is 8.49. The first-order chi connectivity index (χ1) is 14.1. The van der Waals surface area contributed by atoms with Crippen molar-refractivity contribution < 1.29 is 18.3 Å². The number of carbonyl (C=O) groups is 1. The van der Waals surface area contributed by atoms with Crippen molar-refractivity contribution in [2.24, 2.45) is 5.41 Å². The van der Waals surface area contributed by atoms with E-state index in [0.717, 1.165) is 50.7 Å². The second-order valence-corrected chi connectivity index (χ2v) is 8.05. The molecule has 0 saturated carbocycles. The SMILES string of the molecule is O=C1N(Cc2ccc(F)c(F)c2)CCC[C@]12CCN(CCOc1ccccc1)C2. The first-order valence-corrected chi connectivity index (χ1v) is 10.2. The van der Waals surface area contributed by atoms with Gasteiger partial charge in [0.1, 0.15) is 12.4 Å². The van der Waals surface area contributed by atoms with E-state index < -0.39 is 11.6 Å². The molecule has 0 bridgehead atoms. The van der Waals surface area contributed by atoms with Gasteiger partial charge in [0.15, 0.2) is 11.6 Å². The van der Waals surface area contributed by atoms with E-state index in [-0.39, 0.29) is 11.3 Å². The fourth-order valence-electron chi connectivity index (χ4n) is 4.50. The van der Waals surface area contributed by atoms with E-state index in [9.17, 15) is 13.6 Å². The molecular formula is C23H26F2N2O2. The van der Waals surface area contributed by atoms with Crippen molar-refractivity contribution in [2.75, 3.05) is 32.8 Å². The summed E-state index contributed by atoms with van der Waals surface area (Å²) >= 11 is 0. The summed E-state index contributed by atoms with van der Waals surface area (Å²) in [6.07, 6.45) is 2.66. The summed E-state index contributed by atoms with van der Waals surface area (Å²) in [6, 6.07) is 13.6. The molecule has 0 unspecified atom stereocenters. The van der Waals surface area contributed by atoms with Gasteiger partial charge in [0.2, 0.25) is 5.91 Å². The summed E-state index contributed by atoms with van der Waals surface area (Å²) in [6.45, 7) is 3.98. The minimum atomic E-state index is -0.868. The Morgan fingerprint density at radius 3 is 2.62 bits per heavy atom. The van der Waals surface area contributed by atoms with Gasteiger partial charge in [-0.1, -0.05) is 24.3 Å². The van der Waals surface area contributed by atoms with Crippen LogP contribution in [0.2, 0.25) is 0 Å². The van der Waals surface area contributed by atoms with Crippen LogP contribution in [0.5, 0.6) is 5.75 Å². The van der Waals surface area contributed by atoms with Crippen LogP contribution in [0.1, 0.15) is 24.8 Å². The lowest BCUT2D eigenvalue weighted by molar-refractivity contribution is -0.146. The van der Waals surface area contributed by atoms with Gasteiger partial charge in [-0.2, -0.15) is 0 Å². The molecule has 2 aromatic carbocycles. The predicted molar refractivity (Wildman–Crippen MR) is 106 cm³/mol. The molecule has 2 aliphatic heterocycles. The van der Waals surface area contributed by atoms with Crippen LogP contribution in [-0.2, 0) is 11.3 Å². The number of likely N-dealkylation sites (tertiary alicyclic amines) is 2. The zero-order chi connectivity index (χ0) is 20.3. The Morgan fingerprint density at radius 1 is 1.00 bits per heavy atom. The molecule has 1 spiro atoms. The average Bonchev–Trinajstić information content (AvgIpc) is 3.13. The monoisotopic (exact) mass is 400 g/mol. The number of nitrogens with zero attached hydrogens (tertiary/aromatic N) is 2. The van der Waals surface area contributed by atoms with Crippen molar-refractivity contribution in [3.8, 4) is 5.75 Å². The van der Waals surface area contributed by atoms with Crippen molar-refractivity contribution in [3.63, 3.8) is 0 Å². The summed E-state index contributed by atoms with van der Waals surface area (Å²) in [5.74, 6) is -0.737. The van der Waals surface area contributed by atoms with Gasteiger partial charge < -0.3 is 9.64 Å². The van der Waals surface area contributed by atoms with Crippen molar-refractivity contribution in [1.29, 1.82) is 0 Å². The summed E-state index contributed by atoms with van der Waals surface area (Å²) in [7, 11) is 0. The Kier molecular flexibility index (Phi) is 5.81. The predicted octanol–water partition coefficient (Wildman–Crippen LogP) is 3.86. The highest BCUT2D eigenvalue weighted by Gasteiger charge is 2.48. The molecule has 2 aromatic rings. The minimum absolute atomic E-state index is 0.139. The Labute approximate surface area is 170 Å². The molecule has 4 rings (SSSR count). The number of rotatable bonds is 6. The number of benzene rings is 2. The lowest BCUT2D eigenvalue weighted by Gasteiger charge is -2.39. The topological polar surface area (TPSA) is 32.8 Å². The molecule has 2 heterocycles. The van der Waals surface area contributed by atoms with Crippen molar-refractivity contribution in [3.05, 3.63) is 65.7 Å². The number of halogens is 2. The lowest BCUT2D eigenvalue weighted by atomic mass is 9.78. The molecule has 2 saturated heterocycles. The standard InChI is InChI=1S/C23H26F2N2O2/c24-20-8-7-18(15-21(20)25)16-27-11-4-9-23(22(27)28)10-12-26(17-23)13-14-29-19-5-2-1-3-6-19/h1-3,5-8,15H,4,9-14,16-17H2/t23-/m1/s1. The molecule has 0 N–H and O–H groups in total. The van der Waals surface area contributed by atoms with Crippen LogP contribution in [0.15, 0.2) is 48.5 Å². The fraction of sp³-hybridized carbons (Fsp3) is 0.435. The third-order valence-corrected chi connectivity index (χ3v) is 6.03. The van der Waals surface area contributed by atoms with E-state index >= 15 is 0 Å². The zero-order valence-electron chi connectivity index (χ0n) is 16.4. The van der Waals surface area contributed by atoms with Gasteiger partial charge in [-0.25, -0.2) is 8.78 Å². The maximum absolute atomic E-state index is 13.5. The van der Waals surface area contributed by atoms with Gasteiger partial charge >= 0.3 is 0 Å². The second-order valence-electron chi connectivity index (χ2n) is 8.05. The lowest BCUT2D eigenvalue weighted by Crippen LogP contribution is -2.49. The average molecular weight is 400 g/mol. The van der Waals surface area contributed by atoms with Crippen LogP contribution in [0.4, 0.5) is 8.78 Å². The maximum Gasteiger partial charge on any atom is 0.230 e. The molecule has 6 heteroatoms. The number of piperidine rings is 1. The number of hydrogen-bond donors (Lipinski definition) is 0. The van der Waals surface area contributed by atoms with Crippen LogP contribution in [0.3, 0.4) is 0 Å². The number of para-hydroxylation sites is 1. The number of carbonyl (C=O) groups excluding carboxylic acids is 1. The zero-order valence-corrected chi connectivity index (χ0v) is 16.4.